The first kappa shape index (κ1) is 14.9. The molecule has 0 heterocycles. The second kappa shape index (κ2) is 6.31. The van der Waals surface area contributed by atoms with E-state index in [2.05, 4.69) is 19.2 Å². The van der Waals surface area contributed by atoms with Crippen LogP contribution in [0.2, 0.25) is 0 Å². The van der Waals surface area contributed by atoms with Crippen molar-refractivity contribution in [2.24, 2.45) is 0 Å². The fraction of sp³-hybridized carbons (Fsp3) is 0.235. The highest BCUT2D eigenvalue weighted by atomic mass is 16.5. The maximum atomic E-state index is 12.3. The number of nitrogen functional groups attached to an aromatic ring is 1. The smallest absolute Gasteiger partial charge is 0.259 e. The molecule has 0 aliphatic heterocycles. The van der Waals surface area contributed by atoms with Gasteiger partial charge < -0.3 is 15.8 Å². The number of para-hydroxylation sites is 1. The molecule has 4 heteroatoms. The molecule has 110 valence electrons. The Kier molecular flexibility index (Phi) is 4.48. The zero-order chi connectivity index (χ0) is 15.4. The van der Waals surface area contributed by atoms with Gasteiger partial charge in [0.05, 0.1) is 18.4 Å². The Morgan fingerprint density at radius 1 is 1.14 bits per heavy atom. The monoisotopic (exact) mass is 284 g/mol. The van der Waals surface area contributed by atoms with Crippen LogP contribution in [0.25, 0.3) is 0 Å². The van der Waals surface area contributed by atoms with E-state index in [1.807, 2.05) is 24.3 Å². The van der Waals surface area contributed by atoms with E-state index in [0.717, 1.165) is 5.69 Å². The molecule has 0 saturated heterocycles. The molecule has 0 atom stereocenters. The Balaban J connectivity index is 2.20. The van der Waals surface area contributed by atoms with E-state index in [1.165, 1.54) is 12.7 Å². The van der Waals surface area contributed by atoms with Gasteiger partial charge in [0.1, 0.15) is 0 Å². The number of nitrogens with one attached hydrogen (secondary N) is 1. The fourth-order valence-corrected chi connectivity index (χ4v) is 2.11. The van der Waals surface area contributed by atoms with Crippen LogP contribution in [0.1, 0.15) is 35.7 Å². The Hall–Kier alpha value is -2.49. The minimum atomic E-state index is -0.239. The largest absolute Gasteiger partial charge is 0.494 e. The van der Waals surface area contributed by atoms with Gasteiger partial charge >= 0.3 is 0 Å². The summed E-state index contributed by atoms with van der Waals surface area (Å²) in [5.41, 5.74) is 8.65. The van der Waals surface area contributed by atoms with Crippen molar-refractivity contribution in [3.8, 4) is 5.75 Å². The van der Waals surface area contributed by atoms with E-state index in [9.17, 15) is 4.79 Å². The second-order valence-electron chi connectivity index (χ2n) is 5.16. The molecule has 0 aromatic heterocycles. The van der Waals surface area contributed by atoms with Crippen LogP contribution < -0.4 is 15.8 Å². The summed E-state index contributed by atoms with van der Waals surface area (Å²) >= 11 is 0. The third-order valence-corrected chi connectivity index (χ3v) is 3.33. The van der Waals surface area contributed by atoms with Crippen LogP contribution in [0.3, 0.4) is 0 Å². The number of nitrogens with two attached hydrogens (primary N) is 1. The summed E-state index contributed by atoms with van der Waals surface area (Å²) in [5, 5.41) is 2.85. The molecule has 0 fully saturated rings. The standard InChI is InChI=1S/C17H20N2O2/c1-11(2)12-7-9-13(10-8-12)19-17(20)14-5-4-6-15(18)16(14)21-3/h4-11H,18H2,1-3H3,(H,19,20). The average molecular weight is 284 g/mol. The molecule has 3 N–H and O–H groups in total. The number of anilines is 2. The first-order valence-electron chi connectivity index (χ1n) is 6.86. The normalized spacial score (nSPS) is 10.5. The number of benzene rings is 2. The summed E-state index contributed by atoms with van der Waals surface area (Å²) in [6.45, 7) is 4.26. The van der Waals surface area contributed by atoms with Gasteiger partial charge in [-0.25, -0.2) is 0 Å². The van der Waals surface area contributed by atoms with Gasteiger partial charge in [0.25, 0.3) is 5.91 Å². The molecule has 21 heavy (non-hydrogen) atoms. The van der Waals surface area contributed by atoms with Gasteiger partial charge in [-0.3, -0.25) is 4.79 Å². The molecular weight excluding hydrogens is 264 g/mol. The van der Waals surface area contributed by atoms with Crippen LogP contribution in [0, 0.1) is 0 Å². The topological polar surface area (TPSA) is 64.3 Å². The van der Waals surface area contributed by atoms with Gasteiger partial charge in [0, 0.05) is 5.69 Å². The summed E-state index contributed by atoms with van der Waals surface area (Å²) in [5.74, 6) is 0.619. The van der Waals surface area contributed by atoms with E-state index in [4.69, 9.17) is 10.5 Å². The molecule has 2 rings (SSSR count). The van der Waals surface area contributed by atoms with Crippen molar-refractivity contribution in [1.29, 1.82) is 0 Å². The summed E-state index contributed by atoms with van der Waals surface area (Å²) in [6.07, 6.45) is 0. The van der Waals surface area contributed by atoms with Crippen molar-refractivity contribution in [3.63, 3.8) is 0 Å². The molecule has 4 nitrogen and oxygen atoms in total. The van der Waals surface area contributed by atoms with Crippen LogP contribution in [-0.4, -0.2) is 13.0 Å². The van der Waals surface area contributed by atoms with E-state index in [1.54, 1.807) is 18.2 Å². The molecule has 2 aromatic rings. The van der Waals surface area contributed by atoms with Gasteiger partial charge in [0.2, 0.25) is 0 Å². The fourth-order valence-electron chi connectivity index (χ4n) is 2.11. The van der Waals surface area contributed by atoms with Crippen molar-refractivity contribution < 1.29 is 9.53 Å². The minimum absolute atomic E-state index is 0.239. The van der Waals surface area contributed by atoms with Crippen molar-refractivity contribution in [1.82, 2.24) is 0 Å². The Bertz CT molecular complexity index is 634. The lowest BCUT2D eigenvalue weighted by Crippen LogP contribution is -2.14. The first-order chi connectivity index (χ1) is 10.0. The van der Waals surface area contributed by atoms with Crippen molar-refractivity contribution >= 4 is 17.3 Å². The van der Waals surface area contributed by atoms with Crippen molar-refractivity contribution in [3.05, 3.63) is 53.6 Å². The quantitative estimate of drug-likeness (QED) is 0.842. The van der Waals surface area contributed by atoms with Gasteiger partial charge in [-0.05, 0) is 35.7 Å². The molecule has 0 aliphatic rings. The lowest BCUT2D eigenvalue weighted by molar-refractivity contribution is 0.102. The zero-order valence-corrected chi connectivity index (χ0v) is 12.5. The SMILES string of the molecule is COc1c(N)cccc1C(=O)Nc1ccc(C(C)C)cc1. The molecule has 0 radical (unpaired) electrons. The van der Waals surface area contributed by atoms with Crippen LogP contribution in [0.5, 0.6) is 5.75 Å². The molecule has 0 aliphatic carbocycles. The molecule has 2 aromatic carbocycles. The van der Waals surface area contributed by atoms with Crippen LogP contribution in [0.15, 0.2) is 42.5 Å². The maximum absolute atomic E-state index is 12.3. The van der Waals surface area contributed by atoms with Crippen molar-refractivity contribution in [2.75, 3.05) is 18.2 Å². The number of carbonyl (C=O) groups excluding carboxylic acids is 1. The van der Waals surface area contributed by atoms with Gasteiger partial charge in [-0.15, -0.1) is 0 Å². The highest BCUT2D eigenvalue weighted by molar-refractivity contribution is 6.07. The second-order valence-corrected chi connectivity index (χ2v) is 5.16. The van der Waals surface area contributed by atoms with Crippen LogP contribution in [0.4, 0.5) is 11.4 Å². The van der Waals surface area contributed by atoms with Gasteiger partial charge in [-0.2, -0.15) is 0 Å². The van der Waals surface area contributed by atoms with Crippen LogP contribution >= 0.6 is 0 Å². The van der Waals surface area contributed by atoms with E-state index in [0.29, 0.717) is 22.9 Å². The minimum Gasteiger partial charge on any atom is -0.494 e. The number of methoxy groups -OCH3 is 1. The zero-order valence-electron chi connectivity index (χ0n) is 12.5. The summed E-state index contributed by atoms with van der Waals surface area (Å²) in [4.78, 5) is 12.3. The van der Waals surface area contributed by atoms with Crippen LogP contribution in [-0.2, 0) is 0 Å². The third-order valence-electron chi connectivity index (χ3n) is 3.33. The predicted molar refractivity (Wildman–Crippen MR) is 85.9 cm³/mol. The predicted octanol–water partition coefficient (Wildman–Crippen LogP) is 3.65. The lowest BCUT2D eigenvalue weighted by Gasteiger charge is -2.12. The maximum Gasteiger partial charge on any atom is 0.259 e. The summed E-state index contributed by atoms with van der Waals surface area (Å²) in [7, 11) is 1.50. The number of ether oxygens (including phenoxy) is 1. The molecule has 0 unspecified atom stereocenters. The number of amides is 1. The van der Waals surface area contributed by atoms with Crippen molar-refractivity contribution in [2.45, 2.75) is 19.8 Å². The average Bonchev–Trinajstić information content (AvgIpc) is 2.47. The number of carbonyl (C=O) groups is 1. The number of hydrogen-bond acceptors (Lipinski definition) is 3. The molecular formula is C17H20N2O2. The molecule has 0 spiro atoms. The van der Waals surface area contributed by atoms with Gasteiger partial charge in [-0.1, -0.05) is 32.0 Å². The lowest BCUT2D eigenvalue weighted by atomic mass is 10.0. The Labute approximate surface area is 124 Å². The van der Waals surface area contributed by atoms with E-state index in [-0.39, 0.29) is 5.91 Å². The van der Waals surface area contributed by atoms with E-state index < -0.39 is 0 Å². The highest BCUT2D eigenvalue weighted by Crippen LogP contribution is 2.27. The molecule has 1 amide bonds. The highest BCUT2D eigenvalue weighted by Gasteiger charge is 2.14. The Morgan fingerprint density at radius 2 is 1.81 bits per heavy atom. The molecule has 0 bridgehead atoms. The molecule has 0 saturated carbocycles. The third kappa shape index (κ3) is 3.34. The first-order valence-corrected chi connectivity index (χ1v) is 6.86. The summed E-state index contributed by atoms with van der Waals surface area (Å²) in [6, 6.07) is 12.9. The van der Waals surface area contributed by atoms with Gasteiger partial charge in [0.15, 0.2) is 5.75 Å². The summed E-state index contributed by atoms with van der Waals surface area (Å²) < 4.78 is 5.20. The van der Waals surface area contributed by atoms with E-state index >= 15 is 0 Å². The Morgan fingerprint density at radius 3 is 2.38 bits per heavy atom. The number of rotatable bonds is 4. The number of hydrogen-bond donors (Lipinski definition) is 2.